The van der Waals surface area contributed by atoms with Gasteiger partial charge in [0.1, 0.15) is 5.82 Å². The summed E-state index contributed by atoms with van der Waals surface area (Å²) in [6.45, 7) is 0. The molecule has 0 radical (unpaired) electrons. The van der Waals surface area contributed by atoms with Crippen molar-refractivity contribution in [2.24, 2.45) is 5.84 Å². The quantitative estimate of drug-likeness (QED) is 0.671. The second kappa shape index (κ2) is 5.75. The molecule has 1 atom stereocenters. The first-order valence-corrected chi connectivity index (χ1v) is 6.31. The average Bonchev–Trinajstić information content (AvgIpc) is 2.37. The zero-order valence-electron chi connectivity index (χ0n) is 9.20. The summed E-state index contributed by atoms with van der Waals surface area (Å²) in [5.74, 6) is 5.08. The Morgan fingerprint density at radius 3 is 2.78 bits per heavy atom. The van der Waals surface area contributed by atoms with Crippen LogP contribution in [0.15, 0.2) is 41.1 Å². The van der Waals surface area contributed by atoms with Crippen LogP contribution in [0.2, 0.25) is 5.02 Å². The summed E-state index contributed by atoms with van der Waals surface area (Å²) in [5.41, 5.74) is 3.78. The number of rotatable bonds is 3. The first-order chi connectivity index (χ1) is 8.63. The van der Waals surface area contributed by atoms with Crippen LogP contribution in [0.3, 0.4) is 0 Å². The van der Waals surface area contributed by atoms with Gasteiger partial charge in [-0.05, 0) is 39.7 Å². The third kappa shape index (κ3) is 2.70. The van der Waals surface area contributed by atoms with Crippen LogP contribution in [0, 0.1) is 5.82 Å². The summed E-state index contributed by atoms with van der Waals surface area (Å²) < 4.78 is 14.5. The molecule has 6 heteroatoms. The lowest BCUT2D eigenvalue weighted by molar-refractivity contribution is 0.555. The lowest BCUT2D eigenvalue weighted by atomic mass is 10.00. The Kier molecular flexibility index (Phi) is 4.29. The van der Waals surface area contributed by atoms with Crippen LogP contribution in [0.5, 0.6) is 0 Å². The second-order valence-electron chi connectivity index (χ2n) is 3.67. The van der Waals surface area contributed by atoms with Crippen molar-refractivity contribution in [1.29, 1.82) is 0 Å². The topological polar surface area (TPSA) is 50.9 Å². The van der Waals surface area contributed by atoms with Gasteiger partial charge in [-0.15, -0.1) is 0 Å². The van der Waals surface area contributed by atoms with Crippen molar-refractivity contribution in [1.82, 2.24) is 10.4 Å². The molecule has 1 unspecified atom stereocenters. The maximum atomic E-state index is 13.7. The van der Waals surface area contributed by atoms with E-state index in [0.29, 0.717) is 10.6 Å². The van der Waals surface area contributed by atoms with Gasteiger partial charge in [-0.2, -0.15) is 0 Å². The van der Waals surface area contributed by atoms with Crippen molar-refractivity contribution in [2.45, 2.75) is 6.04 Å². The van der Waals surface area contributed by atoms with E-state index in [9.17, 15) is 4.39 Å². The summed E-state index contributed by atoms with van der Waals surface area (Å²) in [5, 5.41) is 0.544. The minimum absolute atomic E-state index is 0.417. The molecule has 0 saturated heterocycles. The number of aromatic nitrogens is 1. The van der Waals surface area contributed by atoms with Crippen LogP contribution in [0.1, 0.15) is 17.2 Å². The molecule has 0 aliphatic heterocycles. The van der Waals surface area contributed by atoms with Gasteiger partial charge in [0.25, 0.3) is 0 Å². The van der Waals surface area contributed by atoms with Crippen molar-refractivity contribution in [3.63, 3.8) is 0 Å². The lowest BCUT2D eigenvalue weighted by Crippen LogP contribution is -2.29. The Labute approximate surface area is 117 Å². The molecule has 1 aromatic carbocycles. The SMILES string of the molecule is NNC(c1ccc(Br)c(Cl)c1)c1ccncc1F. The predicted octanol–water partition coefficient (Wildman–Crippen LogP) is 3.19. The fraction of sp³-hybridized carbons (Fsp3) is 0.0833. The number of halogens is 3. The summed E-state index contributed by atoms with van der Waals surface area (Å²) in [4.78, 5) is 3.71. The third-order valence-electron chi connectivity index (χ3n) is 2.56. The van der Waals surface area contributed by atoms with Crippen LogP contribution in [0.25, 0.3) is 0 Å². The fourth-order valence-electron chi connectivity index (χ4n) is 1.68. The van der Waals surface area contributed by atoms with E-state index >= 15 is 0 Å². The molecule has 2 rings (SSSR count). The van der Waals surface area contributed by atoms with E-state index in [4.69, 9.17) is 17.4 Å². The lowest BCUT2D eigenvalue weighted by Gasteiger charge is -2.17. The van der Waals surface area contributed by atoms with Gasteiger partial charge in [0.2, 0.25) is 0 Å². The normalized spacial score (nSPS) is 12.4. The molecule has 0 aliphatic rings. The molecule has 1 aromatic heterocycles. The molecule has 0 aliphatic carbocycles. The fourth-order valence-corrected chi connectivity index (χ4v) is 2.11. The largest absolute Gasteiger partial charge is 0.271 e. The van der Waals surface area contributed by atoms with E-state index in [2.05, 4.69) is 26.3 Å². The van der Waals surface area contributed by atoms with Gasteiger partial charge >= 0.3 is 0 Å². The predicted molar refractivity (Wildman–Crippen MR) is 72.5 cm³/mol. The number of nitrogens with one attached hydrogen (secondary N) is 1. The number of pyridine rings is 1. The molecule has 3 nitrogen and oxygen atoms in total. The Morgan fingerprint density at radius 1 is 1.39 bits per heavy atom. The number of hydrogen-bond donors (Lipinski definition) is 2. The van der Waals surface area contributed by atoms with Crippen LogP contribution >= 0.6 is 27.5 Å². The van der Waals surface area contributed by atoms with Crippen LogP contribution in [-0.4, -0.2) is 4.98 Å². The summed E-state index contributed by atoms with van der Waals surface area (Å²) in [6, 6.07) is 6.45. The molecule has 0 amide bonds. The monoisotopic (exact) mass is 329 g/mol. The molecule has 0 bridgehead atoms. The summed E-state index contributed by atoms with van der Waals surface area (Å²) in [7, 11) is 0. The number of hydrogen-bond acceptors (Lipinski definition) is 3. The van der Waals surface area contributed by atoms with Gasteiger partial charge in [0.15, 0.2) is 0 Å². The van der Waals surface area contributed by atoms with Crippen molar-refractivity contribution in [2.75, 3.05) is 0 Å². The second-order valence-corrected chi connectivity index (χ2v) is 4.93. The highest BCUT2D eigenvalue weighted by Crippen LogP contribution is 2.29. The minimum atomic E-state index is -0.474. The molecule has 0 fully saturated rings. The van der Waals surface area contributed by atoms with Crippen LogP contribution in [0.4, 0.5) is 4.39 Å². The molecular formula is C12H10BrClFN3. The first-order valence-electron chi connectivity index (χ1n) is 5.14. The number of nitrogens with zero attached hydrogens (tertiary/aromatic N) is 1. The van der Waals surface area contributed by atoms with Crippen molar-refractivity contribution < 1.29 is 4.39 Å². The van der Waals surface area contributed by atoms with Crippen molar-refractivity contribution in [3.8, 4) is 0 Å². The molecule has 94 valence electrons. The van der Waals surface area contributed by atoms with Gasteiger partial charge in [0, 0.05) is 16.2 Å². The maximum Gasteiger partial charge on any atom is 0.146 e. The highest BCUT2D eigenvalue weighted by molar-refractivity contribution is 9.10. The van der Waals surface area contributed by atoms with Gasteiger partial charge in [-0.1, -0.05) is 17.7 Å². The summed E-state index contributed by atoms with van der Waals surface area (Å²) in [6.07, 6.45) is 2.67. The van der Waals surface area contributed by atoms with E-state index in [0.717, 1.165) is 16.2 Å². The first kappa shape index (κ1) is 13.4. The van der Waals surface area contributed by atoms with E-state index < -0.39 is 11.9 Å². The maximum absolute atomic E-state index is 13.7. The minimum Gasteiger partial charge on any atom is -0.271 e. The highest BCUT2D eigenvalue weighted by atomic mass is 79.9. The number of nitrogens with two attached hydrogens (primary N) is 1. The molecule has 3 N–H and O–H groups in total. The standard InChI is InChI=1S/C12H10BrClFN3/c13-9-2-1-7(5-10(9)14)12(18-16)8-3-4-17-6-11(8)15/h1-6,12,18H,16H2. The van der Waals surface area contributed by atoms with Gasteiger partial charge in [-0.25, -0.2) is 9.82 Å². The van der Waals surface area contributed by atoms with E-state index in [1.807, 2.05) is 6.07 Å². The number of benzene rings is 1. The zero-order chi connectivity index (χ0) is 13.1. The van der Waals surface area contributed by atoms with Crippen molar-refractivity contribution in [3.05, 3.63) is 63.1 Å². The van der Waals surface area contributed by atoms with Gasteiger partial charge in [0.05, 0.1) is 17.3 Å². The van der Waals surface area contributed by atoms with Crippen molar-refractivity contribution >= 4 is 27.5 Å². The number of hydrazine groups is 1. The Bertz CT molecular complexity index is 565. The molecule has 0 spiro atoms. The third-order valence-corrected chi connectivity index (χ3v) is 3.79. The van der Waals surface area contributed by atoms with Gasteiger partial charge in [-0.3, -0.25) is 10.8 Å². The Hall–Kier alpha value is -1.01. The molecule has 0 saturated carbocycles. The van der Waals surface area contributed by atoms with E-state index in [1.54, 1.807) is 18.2 Å². The summed E-state index contributed by atoms with van der Waals surface area (Å²) >= 11 is 9.32. The molecule has 18 heavy (non-hydrogen) atoms. The van der Waals surface area contributed by atoms with Crippen LogP contribution < -0.4 is 11.3 Å². The van der Waals surface area contributed by atoms with E-state index in [1.165, 1.54) is 6.20 Å². The van der Waals surface area contributed by atoms with E-state index in [-0.39, 0.29) is 0 Å². The van der Waals surface area contributed by atoms with Crippen LogP contribution in [-0.2, 0) is 0 Å². The smallest absolute Gasteiger partial charge is 0.146 e. The average molecular weight is 331 g/mol. The molecule has 1 heterocycles. The molecular weight excluding hydrogens is 321 g/mol. The Balaban J connectivity index is 2.45. The zero-order valence-corrected chi connectivity index (χ0v) is 11.5. The Morgan fingerprint density at radius 2 is 2.17 bits per heavy atom. The molecule has 2 aromatic rings. The highest BCUT2D eigenvalue weighted by Gasteiger charge is 2.17. The van der Waals surface area contributed by atoms with Gasteiger partial charge < -0.3 is 0 Å².